The van der Waals surface area contributed by atoms with E-state index in [1.54, 1.807) is 11.3 Å². The molecule has 2 heterocycles. The van der Waals surface area contributed by atoms with E-state index >= 15 is 0 Å². The van der Waals surface area contributed by atoms with Crippen molar-refractivity contribution in [2.24, 2.45) is 5.73 Å². The molecule has 0 saturated heterocycles. The molecule has 0 aliphatic carbocycles. The maximum absolute atomic E-state index is 5.76. The number of nitrogens with zero attached hydrogens (tertiary/aromatic N) is 2. The number of hydrogen-bond acceptors (Lipinski definition) is 5. The van der Waals surface area contributed by atoms with Crippen LogP contribution in [0.25, 0.3) is 0 Å². The van der Waals surface area contributed by atoms with Crippen molar-refractivity contribution in [1.29, 1.82) is 0 Å². The molecule has 0 saturated carbocycles. The highest BCUT2D eigenvalue weighted by Gasteiger charge is 2.13. The van der Waals surface area contributed by atoms with Gasteiger partial charge < -0.3 is 11.1 Å². The second-order valence-electron chi connectivity index (χ2n) is 3.93. The van der Waals surface area contributed by atoms with Gasteiger partial charge in [-0.3, -0.25) is 0 Å². The SMILES string of the molecule is Cc1nnc(NCc2cccs2)c(C(N)=S)c1C. The van der Waals surface area contributed by atoms with Crippen LogP contribution in [-0.4, -0.2) is 15.2 Å². The van der Waals surface area contributed by atoms with Crippen LogP contribution in [0.3, 0.4) is 0 Å². The van der Waals surface area contributed by atoms with Crippen LogP contribution >= 0.6 is 23.6 Å². The lowest BCUT2D eigenvalue weighted by Crippen LogP contribution is -2.17. The lowest BCUT2D eigenvalue weighted by atomic mass is 10.1. The molecule has 0 bridgehead atoms. The molecule has 0 aliphatic rings. The molecule has 2 aromatic rings. The van der Waals surface area contributed by atoms with Crippen LogP contribution in [-0.2, 0) is 6.54 Å². The van der Waals surface area contributed by atoms with Crippen LogP contribution in [0.2, 0.25) is 0 Å². The molecule has 94 valence electrons. The smallest absolute Gasteiger partial charge is 0.159 e. The Balaban J connectivity index is 2.27. The zero-order valence-corrected chi connectivity index (χ0v) is 11.9. The molecule has 0 aliphatic heterocycles. The number of hydrogen-bond donors (Lipinski definition) is 2. The van der Waals surface area contributed by atoms with Crippen molar-refractivity contribution in [3.63, 3.8) is 0 Å². The monoisotopic (exact) mass is 278 g/mol. The third-order valence-electron chi connectivity index (χ3n) is 2.71. The first-order valence-electron chi connectivity index (χ1n) is 5.49. The molecule has 0 aromatic carbocycles. The van der Waals surface area contributed by atoms with Crippen LogP contribution in [0.15, 0.2) is 17.5 Å². The van der Waals surface area contributed by atoms with Gasteiger partial charge in [-0.15, -0.1) is 16.4 Å². The van der Waals surface area contributed by atoms with E-state index in [0.717, 1.165) is 16.8 Å². The number of thiophene rings is 1. The van der Waals surface area contributed by atoms with E-state index in [9.17, 15) is 0 Å². The quantitative estimate of drug-likeness (QED) is 0.841. The number of aromatic nitrogens is 2. The van der Waals surface area contributed by atoms with Gasteiger partial charge in [-0.25, -0.2) is 0 Å². The number of nitrogens with two attached hydrogens (primary N) is 1. The van der Waals surface area contributed by atoms with Crippen molar-refractivity contribution >= 4 is 34.4 Å². The van der Waals surface area contributed by atoms with Crippen LogP contribution < -0.4 is 11.1 Å². The van der Waals surface area contributed by atoms with Crippen LogP contribution in [0.4, 0.5) is 5.82 Å². The summed E-state index contributed by atoms with van der Waals surface area (Å²) < 4.78 is 0. The van der Waals surface area contributed by atoms with E-state index in [2.05, 4.69) is 21.6 Å². The van der Waals surface area contributed by atoms with E-state index in [0.29, 0.717) is 17.4 Å². The van der Waals surface area contributed by atoms with Gasteiger partial charge in [-0.1, -0.05) is 18.3 Å². The Morgan fingerprint density at radius 3 is 2.83 bits per heavy atom. The summed E-state index contributed by atoms with van der Waals surface area (Å²) in [5.41, 5.74) is 8.37. The summed E-state index contributed by atoms with van der Waals surface area (Å²) in [4.78, 5) is 1.57. The van der Waals surface area contributed by atoms with Gasteiger partial charge in [0, 0.05) is 4.88 Å². The second kappa shape index (κ2) is 5.41. The minimum absolute atomic E-state index is 0.346. The predicted molar refractivity (Wildman–Crippen MR) is 79.0 cm³/mol. The molecular weight excluding hydrogens is 264 g/mol. The second-order valence-corrected chi connectivity index (χ2v) is 5.40. The zero-order valence-electron chi connectivity index (χ0n) is 10.2. The van der Waals surface area contributed by atoms with Crippen LogP contribution in [0.1, 0.15) is 21.7 Å². The first kappa shape index (κ1) is 12.9. The van der Waals surface area contributed by atoms with Crippen LogP contribution in [0.5, 0.6) is 0 Å². The largest absolute Gasteiger partial charge is 0.389 e. The van der Waals surface area contributed by atoms with E-state index in [1.165, 1.54) is 4.88 Å². The fourth-order valence-corrected chi connectivity index (χ4v) is 2.51. The Labute approximate surface area is 115 Å². The first-order chi connectivity index (χ1) is 8.59. The van der Waals surface area contributed by atoms with E-state index in [-0.39, 0.29) is 0 Å². The van der Waals surface area contributed by atoms with Gasteiger partial charge >= 0.3 is 0 Å². The minimum Gasteiger partial charge on any atom is -0.389 e. The lowest BCUT2D eigenvalue weighted by Gasteiger charge is -2.12. The number of anilines is 1. The highest BCUT2D eigenvalue weighted by molar-refractivity contribution is 7.80. The fourth-order valence-electron chi connectivity index (χ4n) is 1.62. The Bertz CT molecular complexity index is 564. The Morgan fingerprint density at radius 2 is 2.22 bits per heavy atom. The Morgan fingerprint density at radius 1 is 1.44 bits per heavy atom. The standard InChI is InChI=1S/C12H14N4S2/c1-7-8(2)15-16-12(10(7)11(13)17)14-6-9-4-3-5-18-9/h3-5H,6H2,1-2H3,(H2,13,17)(H,14,16). The molecule has 4 nitrogen and oxygen atoms in total. The van der Waals surface area contributed by atoms with E-state index in [1.807, 2.05) is 25.3 Å². The van der Waals surface area contributed by atoms with Gasteiger partial charge in [0.25, 0.3) is 0 Å². The van der Waals surface area contributed by atoms with Crippen molar-refractivity contribution in [3.8, 4) is 0 Å². The Kier molecular flexibility index (Phi) is 3.88. The van der Waals surface area contributed by atoms with Crippen LogP contribution in [0, 0.1) is 13.8 Å². The van der Waals surface area contributed by atoms with Crippen molar-refractivity contribution in [2.75, 3.05) is 5.32 Å². The van der Waals surface area contributed by atoms with Crippen molar-refractivity contribution in [3.05, 3.63) is 39.2 Å². The zero-order chi connectivity index (χ0) is 13.1. The molecule has 3 N–H and O–H groups in total. The van der Waals surface area contributed by atoms with Crippen molar-refractivity contribution < 1.29 is 0 Å². The number of aryl methyl sites for hydroxylation is 1. The molecule has 0 spiro atoms. The summed E-state index contributed by atoms with van der Waals surface area (Å²) in [5.74, 6) is 0.652. The fraction of sp³-hybridized carbons (Fsp3) is 0.250. The summed E-state index contributed by atoms with van der Waals surface area (Å²) >= 11 is 6.77. The predicted octanol–water partition coefficient (Wildman–Crippen LogP) is 2.40. The lowest BCUT2D eigenvalue weighted by molar-refractivity contribution is 0.946. The highest BCUT2D eigenvalue weighted by atomic mass is 32.1. The average molecular weight is 278 g/mol. The molecule has 0 radical (unpaired) electrons. The Hall–Kier alpha value is -1.53. The highest BCUT2D eigenvalue weighted by Crippen LogP contribution is 2.19. The van der Waals surface area contributed by atoms with Gasteiger partial charge in [-0.2, -0.15) is 5.10 Å². The summed E-state index contributed by atoms with van der Waals surface area (Å²) in [6, 6.07) is 4.08. The third kappa shape index (κ3) is 2.65. The maximum Gasteiger partial charge on any atom is 0.159 e. The molecular formula is C12H14N4S2. The van der Waals surface area contributed by atoms with Gasteiger partial charge in [0.15, 0.2) is 5.82 Å². The van der Waals surface area contributed by atoms with Gasteiger partial charge in [0.1, 0.15) is 4.99 Å². The number of rotatable bonds is 4. The summed E-state index contributed by atoms with van der Waals surface area (Å²) in [6.07, 6.45) is 0. The number of nitrogens with one attached hydrogen (secondary N) is 1. The van der Waals surface area contributed by atoms with Gasteiger partial charge in [-0.05, 0) is 30.9 Å². The number of thiocarbonyl (C=S) groups is 1. The molecule has 0 fully saturated rings. The molecule has 2 rings (SSSR count). The average Bonchev–Trinajstić information content (AvgIpc) is 2.83. The molecule has 0 atom stereocenters. The van der Waals surface area contributed by atoms with Gasteiger partial charge in [0.05, 0.1) is 17.8 Å². The maximum atomic E-state index is 5.76. The van der Waals surface area contributed by atoms with Gasteiger partial charge in [0.2, 0.25) is 0 Å². The molecule has 0 amide bonds. The first-order valence-corrected chi connectivity index (χ1v) is 6.78. The normalized spacial score (nSPS) is 10.3. The minimum atomic E-state index is 0.346. The van der Waals surface area contributed by atoms with Crippen molar-refractivity contribution in [1.82, 2.24) is 10.2 Å². The van der Waals surface area contributed by atoms with Crippen molar-refractivity contribution in [2.45, 2.75) is 20.4 Å². The summed E-state index contributed by atoms with van der Waals surface area (Å²) in [6.45, 7) is 4.55. The molecule has 0 unspecified atom stereocenters. The van der Waals surface area contributed by atoms with E-state index < -0.39 is 0 Å². The third-order valence-corrected chi connectivity index (χ3v) is 3.79. The molecule has 2 aromatic heterocycles. The summed E-state index contributed by atoms with van der Waals surface area (Å²) in [5, 5.41) is 13.5. The van der Waals surface area contributed by atoms with E-state index in [4.69, 9.17) is 18.0 Å². The topological polar surface area (TPSA) is 63.8 Å². The molecule has 6 heteroatoms. The molecule has 18 heavy (non-hydrogen) atoms. The summed E-state index contributed by atoms with van der Waals surface area (Å²) in [7, 11) is 0.